The number of pyridine rings is 5. The largest absolute Gasteiger partial charge is 0.481 e. The van der Waals surface area contributed by atoms with Gasteiger partial charge in [-0.25, -0.2) is 43.7 Å². The SMILES string of the molecule is CC(C)CNc1ccc(C(C)C)cn1.CC(C)COc1cncc(C(C)C)n1.CC(C)Nc1ccc(C(C)C)cn1.CC(C)Nc1cccc(C(C)C)n1.CC(C)c1cccc(C(F)F)c1.CC(C)c1cncc(OCC(C)(C)C)n1.CCN(CC)c1ccc(C(C)C)cn1.COc1ccc(C(C)C)cn1. The normalized spacial score (nSPS) is 11.0. The fraction of sp³-hybridized carbons (Fsp3) is 0.557. The molecular weight excluding hydrogens is 1330 g/mol. The van der Waals surface area contributed by atoms with Gasteiger partial charge in [0.1, 0.15) is 23.3 Å². The van der Waals surface area contributed by atoms with Crippen molar-refractivity contribution in [3.8, 4) is 17.6 Å². The van der Waals surface area contributed by atoms with Gasteiger partial charge < -0.3 is 35.1 Å². The van der Waals surface area contributed by atoms with Gasteiger partial charge in [0.25, 0.3) is 6.43 Å². The first-order valence-electron chi connectivity index (χ1n) is 38.4. The molecule has 588 valence electrons. The van der Waals surface area contributed by atoms with Gasteiger partial charge in [-0.05, 0) is 170 Å². The van der Waals surface area contributed by atoms with E-state index >= 15 is 0 Å². The monoisotopic (exact) mass is 1460 g/mol. The Kier molecular flexibility index (Phi) is 46.7. The molecule has 18 heteroatoms. The van der Waals surface area contributed by atoms with Gasteiger partial charge in [0, 0.05) is 86.2 Å². The van der Waals surface area contributed by atoms with Crippen LogP contribution in [0.4, 0.5) is 32.1 Å². The molecule has 8 rings (SSSR count). The number of methoxy groups -OCH3 is 1. The highest BCUT2D eigenvalue weighted by Gasteiger charge is 2.14. The lowest BCUT2D eigenvalue weighted by molar-refractivity contribution is 0.151. The second kappa shape index (κ2) is 51.8. The molecule has 3 N–H and O–H groups in total. The lowest BCUT2D eigenvalue weighted by Crippen LogP contribution is -2.22. The number of aromatic nitrogens is 9. The summed E-state index contributed by atoms with van der Waals surface area (Å²) in [7, 11) is 1.62. The Labute approximate surface area is 641 Å². The highest BCUT2D eigenvalue weighted by Crippen LogP contribution is 2.25. The summed E-state index contributed by atoms with van der Waals surface area (Å²) >= 11 is 0. The molecule has 7 heterocycles. The van der Waals surface area contributed by atoms with E-state index in [4.69, 9.17) is 14.2 Å². The number of anilines is 4. The summed E-state index contributed by atoms with van der Waals surface area (Å²) in [5.74, 6) is 10.9. The fourth-order valence-electron chi connectivity index (χ4n) is 8.78. The van der Waals surface area contributed by atoms with Crippen molar-refractivity contribution in [2.24, 2.45) is 17.3 Å². The van der Waals surface area contributed by atoms with Crippen LogP contribution in [0, 0.1) is 17.3 Å². The predicted molar refractivity (Wildman–Crippen MR) is 446 cm³/mol. The molecule has 1 aromatic carbocycles. The summed E-state index contributed by atoms with van der Waals surface area (Å²) in [5, 5.41) is 9.85. The third kappa shape index (κ3) is 42.7. The van der Waals surface area contributed by atoms with Crippen molar-refractivity contribution in [3.63, 3.8) is 0 Å². The van der Waals surface area contributed by atoms with Crippen molar-refractivity contribution in [1.29, 1.82) is 0 Å². The van der Waals surface area contributed by atoms with Gasteiger partial charge in [-0.2, -0.15) is 0 Å². The van der Waals surface area contributed by atoms with Crippen molar-refractivity contribution in [1.82, 2.24) is 44.9 Å². The Morgan fingerprint density at radius 3 is 1.21 bits per heavy atom. The van der Waals surface area contributed by atoms with Crippen LogP contribution < -0.4 is 35.1 Å². The van der Waals surface area contributed by atoms with E-state index in [-0.39, 0.29) is 11.0 Å². The number of rotatable bonds is 25. The molecule has 0 spiro atoms. The standard InChI is InChI=1S/C12H20N2O.2C12H20N2.C11H18N2O.2C11H18N2.C10H12F2.C9H13NO/c1-9(2)10-6-13-7-11(14-10)15-8-12(3,4)5;1-9(2)7-13-12-6-5-11(8-14-12)10(3)4;1-5-14(6-2)12-8-7-11(9-13-12)10(3)4;1-8(2)7-14-11-6-12-5-10(13-11)9(3)4;1-8(2)10-5-6-11(12-7-10)13-9(3)4;1-8(2)10-6-5-7-11(13-10)12-9(3)4;1-7(2)8-4-3-5-9(6-8)10(11)12;1-7(2)8-4-5-9(11-3)10-6-8/h6-7,9H,8H2,1-5H3;5-6,8-10H,7H2,1-4H3,(H,13,14);7-10H,5-6H2,1-4H3;5-6,8-9H,7H2,1-4H3;2*5-9H,1-4H3,(H,12,13);3-7,10H,1-2H3;4-7H,1-3H3. The maximum absolute atomic E-state index is 12.2. The third-order valence-corrected chi connectivity index (χ3v) is 15.5. The lowest BCUT2D eigenvalue weighted by atomic mass is 9.99. The molecule has 0 radical (unpaired) electrons. The molecule has 0 amide bonds. The number of benzene rings is 1. The second-order valence-electron chi connectivity index (χ2n) is 31.4. The van der Waals surface area contributed by atoms with Gasteiger partial charge in [0.2, 0.25) is 17.6 Å². The zero-order valence-corrected chi connectivity index (χ0v) is 70.8. The van der Waals surface area contributed by atoms with E-state index in [0.717, 1.165) is 65.6 Å². The van der Waals surface area contributed by atoms with Crippen LogP contribution in [0.5, 0.6) is 17.6 Å². The maximum atomic E-state index is 12.2. The maximum Gasteiger partial charge on any atom is 0.263 e. The number of hydrogen-bond acceptors (Lipinski definition) is 16. The fourth-order valence-corrected chi connectivity index (χ4v) is 8.78. The van der Waals surface area contributed by atoms with Crippen molar-refractivity contribution in [2.75, 3.05) is 60.8 Å². The first-order chi connectivity index (χ1) is 49.8. The minimum absolute atomic E-state index is 0.112. The molecule has 0 aliphatic rings. The number of halogens is 2. The quantitative estimate of drug-likeness (QED) is 0.0491. The number of nitrogens with one attached hydrogen (secondary N) is 3. The molecule has 0 atom stereocenters. The molecule has 16 nitrogen and oxygen atoms in total. The van der Waals surface area contributed by atoms with Gasteiger partial charge >= 0.3 is 0 Å². The van der Waals surface area contributed by atoms with Crippen LogP contribution in [0.3, 0.4) is 0 Å². The van der Waals surface area contributed by atoms with Gasteiger partial charge in [-0.1, -0.05) is 208 Å². The van der Waals surface area contributed by atoms with Gasteiger partial charge in [0.05, 0.1) is 44.1 Å². The topological polar surface area (TPSA) is 183 Å². The van der Waals surface area contributed by atoms with Crippen molar-refractivity contribution < 1.29 is 23.0 Å². The van der Waals surface area contributed by atoms with E-state index < -0.39 is 6.43 Å². The summed E-state index contributed by atoms with van der Waals surface area (Å²) in [6.45, 7) is 66.1. The van der Waals surface area contributed by atoms with E-state index in [1.165, 1.54) is 28.3 Å². The molecule has 0 unspecified atom stereocenters. The summed E-state index contributed by atoms with van der Waals surface area (Å²) < 4.78 is 40.4. The molecule has 106 heavy (non-hydrogen) atoms. The van der Waals surface area contributed by atoms with Gasteiger partial charge in [-0.15, -0.1) is 0 Å². The van der Waals surface area contributed by atoms with E-state index in [0.29, 0.717) is 102 Å². The molecule has 0 saturated heterocycles. The van der Waals surface area contributed by atoms with Crippen LogP contribution in [0.2, 0.25) is 0 Å². The van der Waals surface area contributed by atoms with Crippen molar-refractivity contribution in [3.05, 3.63) is 191 Å². The number of ether oxygens (including phenoxy) is 3. The summed E-state index contributed by atoms with van der Waals surface area (Å²) in [4.78, 5) is 41.0. The molecule has 0 aliphatic heterocycles. The Bertz CT molecular complexity index is 3490. The lowest BCUT2D eigenvalue weighted by Gasteiger charge is -2.19. The van der Waals surface area contributed by atoms with Crippen LogP contribution in [0.25, 0.3) is 0 Å². The zero-order valence-electron chi connectivity index (χ0n) is 70.8. The Morgan fingerprint density at radius 2 is 0.830 bits per heavy atom. The van der Waals surface area contributed by atoms with E-state index in [1.54, 1.807) is 44.0 Å². The van der Waals surface area contributed by atoms with Gasteiger partial charge in [0.15, 0.2) is 0 Å². The molecule has 0 bridgehead atoms. The Balaban J connectivity index is 0.000000607. The first-order valence-corrected chi connectivity index (χ1v) is 38.4. The Hall–Kier alpha value is -8.41. The van der Waals surface area contributed by atoms with Crippen LogP contribution >= 0.6 is 0 Å². The van der Waals surface area contributed by atoms with Crippen LogP contribution in [0.15, 0.2) is 141 Å². The van der Waals surface area contributed by atoms with Crippen molar-refractivity contribution in [2.45, 2.75) is 267 Å². The highest BCUT2D eigenvalue weighted by atomic mass is 19.3. The summed E-state index contributed by atoms with van der Waals surface area (Å²) in [5.41, 5.74) is 9.45. The minimum atomic E-state index is -2.36. The number of hydrogen-bond donors (Lipinski definition) is 3. The van der Waals surface area contributed by atoms with Crippen molar-refractivity contribution >= 4 is 23.3 Å². The summed E-state index contributed by atoms with van der Waals surface area (Å²) in [6, 6.07) is 30.1. The summed E-state index contributed by atoms with van der Waals surface area (Å²) in [6.07, 6.45) is 12.3. The zero-order chi connectivity index (χ0) is 80.2. The van der Waals surface area contributed by atoms with Gasteiger partial charge in [-0.3, -0.25) is 9.97 Å². The molecule has 0 saturated carbocycles. The average Bonchev–Trinajstić information content (AvgIpc) is 0.947. The average molecular weight is 1470 g/mol. The first kappa shape index (κ1) is 95.6. The highest BCUT2D eigenvalue weighted by molar-refractivity contribution is 5.40. The number of alkyl halides is 2. The third-order valence-electron chi connectivity index (χ3n) is 15.5. The van der Waals surface area contributed by atoms with E-state index in [9.17, 15) is 8.78 Å². The molecule has 8 aromatic rings. The van der Waals surface area contributed by atoms with E-state index in [1.807, 2.05) is 75.0 Å². The van der Waals surface area contributed by atoms with Crippen LogP contribution in [-0.2, 0) is 0 Å². The van der Waals surface area contributed by atoms with Crippen LogP contribution in [-0.4, -0.2) is 96.9 Å². The minimum Gasteiger partial charge on any atom is -0.481 e. The predicted octanol–water partition coefficient (Wildman–Crippen LogP) is 24.0. The second-order valence-corrected chi connectivity index (χ2v) is 31.4. The smallest absolute Gasteiger partial charge is 0.263 e. The molecular formula is C88H139F2N13O3. The Morgan fingerprint density at radius 1 is 0.396 bits per heavy atom. The number of nitrogens with zero attached hydrogens (tertiary/aromatic N) is 10. The van der Waals surface area contributed by atoms with Crippen LogP contribution in [0.1, 0.15) is 305 Å². The molecule has 0 aliphatic carbocycles. The molecule has 0 fully saturated rings. The van der Waals surface area contributed by atoms with E-state index in [2.05, 4.69) is 289 Å². The molecule has 7 aromatic heterocycles.